The highest BCUT2D eigenvalue weighted by Gasteiger charge is 2.16. The molecule has 4 nitrogen and oxygen atoms in total. The average molecular weight is 341 g/mol. The third kappa shape index (κ3) is 3.58. The van der Waals surface area contributed by atoms with Crippen LogP contribution in [0.5, 0.6) is 0 Å². The number of hydrogen-bond donors (Lipinski definition) is 1. The van der Waals surface area contributed by atoms with Crippen LogP contribution in [0, 0.1) is 6.92 Å². The zero-order valence-electron chi connectivity index (χ0n) is 11.2. The molecule has 0 aromatic carbocycles. The van der Waals surface area contributed by atoms with Crippen molar-refractivity contribution < 1.29 is 0 Å². The van der Waals surface area contributed by atoms with Crippen molar-refractivity contribution in [2.45, 2.75) is 36.4 Å². The lowest BCUT2D eigenvalue weighted by Gasteiger charge is -2.08. The largest absolute Gasteiger partial charge is 0.328 e. The molecular formula is C13H17BrN4S. The summed E-state index contributed by atoms with van der Waals surface area (Å²) < 4.78 is 2.88. The molecule has 0 fully saturated rings. The summed E-state index contributed by atoms with van der Waals surface area (Å²) in [5.74, 6) is 0. The second kappa shape index (κ2) is 6.07. The van der Waals surface area contributed by atoms with E-state index in [4.69, 9.17) is 5.73 Å². The van der Waals surface area contributed by atoms with Crippen LogP contribution in [0.15, 0.2) is 32.9 Å². The molecule has 2 aromatic rings. The van der Waals surface area contributed by atoms with Gasteiger partial charge in [-0.1, -0.05) is 11.8 Å². The molecule has 1 unspecified atom stereocenters. The van der Waals surface area contributed by atoms with Gasteiger partial charge in [0, 0.05) is 29.3 Å². The summed E-state index contributed by atoms with van der Waals surface area (Å²) in [5.41, 5.74) is 8.17. The minimum Gasteiger partial charge on any atom is -0.328 e. The van der Waals surface area contributed by atoms with E-state index in [2.05, 4.69) is 26.0 Å². The zero-order chi connectivity index (χ0) is 14.0. The minimum atomic E-state index is 0.125. The van der Waals surface area contributed by atoms with Crippen molar-refractivity contribution in [1.82, 2.24) is 14.8 Å². The van der Waals surface area contributed by atoms with E-state index in [-0.39, 0.29) is 6.04 Å². The van der Waals surface area contributed by atoms with E-state index >= 15 is 0 Å². The second-order valence-electron chi connectivity index (χ2n) is 4.59. The van der Waals surface area contributed by atoms with Crippen molar-refractivity contribution >= 4 is 27.7 Å². The Hall–Kier alpha value is -0.850. The van der Waals surface area contributed by atoms with E-state index in [0.717, 1.165) is 26.6 Å². The topological polar surface area (TPSA) is 56.7 Å². The van der Waals surface area contributed by atoms with Crippen LogP contribution < -0.4 is 5.73 Å². The lowest BCUT2D eigenvalue weighted by atomic mass is 10.1. The van der Waals surface area contributed by atoms with Gasteiger partial charge in [-0.2, -0.15) is 5.10 Å². The number of nitrogens with two attached hydrogens (primary N) is 1. The fourth-order valence-electron chi connectivity index (χ4n) is 1.89. The van der Waals surface area contributed by atoms with E-state index in [1.807, 2.05) is 37.7 Å². The van der Waals surface area contributed by atoms with Crippen molar-refractivity contribution in [3.63, 3.8) is 0 Å². The third-order valence-corrected chi connectivity index (χ3v) is 4.34. The Morgan fingerprint density at radius 2 is 2.21 bits per heavy atom. The molecule has 6 heteroatoms. The van der Waals surface area contributed by atoms with Crippen LogP contribution in [0.3, 0.4) is 0 Å². The maximum Gasteiger partial charge on any atom is 0.103 e. The molecule has 2 heterocycles. The summed E-state index contributed by atoms with van der Waals surface area (Å²) in [5, 5.41) is 6.55. The summed E-state index contributed by atoms with van der Waals surface area (Å²) in [6, 6.07) is 4.11. The van der Waals surface area contributed by atoms with Crippen LogP contribution in [0.25, 0.3) is 0 Å². The first-order valence-electron chi connectivity index (χ1n) is 6.05. The molecule has 0 saturated carbocycles. The van der Waals surface area contributed by atoms with E-state index in [0.29, 0.717) is 0 Å². The average Bonchev–Trinajstić information content (AvgIpc) is 2.58. The van der Waals surface area contributed by atoms with Crippen LogP contribution in [0.4, 0.5) is 0 Å². The number of aromatic nitrogens is 3. The summed E-state index contributed by atoms with van der Waals surface area (Å²) in [4.78, 5) is 4.39. The Labute approximate surface area is 125 Å². The van der Waals surface area contributed by atoms with Crippen molar-refractivity contribution in [3.8, 4) is 0 Å². The van der Waals surface area contributed by atoms with Gasteiger partial charge in [-0.3, -0.25) is 4.68 Å². The maximum absolute atomic E-state index is 5.92. The molecule has 0 aliphatic carbocycles. The van der Waals surface area contributed by atoms with Gasteiger partial charge in [0.15, 0.2) is 0 Å². The lowest BCUT2D eigenvalue weighted by Crippen LogP contribution is -2.18. The number of hydrogen-bond acceptors (Lipinski definition) is 4. The molecule has 0 spiro atoms. The number of aryl methyl sites for hydroxylation is 2. The highest BCUT2D eigenvalue weighted by molar-refractivity contribution is 9.10. The first-order valence-corrected chi connectivity index (χ1v) is 7.65. The van der Waals surface area contributed by atoms with Crippen LogP contribution in [-0.4, -0.2) is 20.8 Å². The third-order valence-electron chi connectivity index (χ3n) is 2.72. The molecule has 2 N–H and O–H groups in total. The van der Waals surface area contributed by atoms with Gasteiger partial charge in [0.1, 0.15) is 10.1 Å². The standard InChI is InChI=1S/C13H17BrN4S/c1-8(15)6-11-9(2)17-18(3)13(11)19-12-5-4-10(14)7-16-12/h4-5,7-8H,6,15H2,1-3H3. The second-order valence-corrected chi connectivity index (χ2v) is 6.52. The normalized spacial score (nSPS) is 12.7. The number of pyridine rings is 1. The first kappa shape index (κ1) is 14.6. The number of rotatable bonds is 4. The predicted molar refractivity (Wildman–Crippen MR) is 81.4 cm³/mol. The minimum absolute atomic E-state index is 0.125. The molecule has 0 amide bonds. The smallest absolute Gasteiger partial charge is 0.103 e. The summed E-state index contributed by atoms with van der Waals surface area (Å²) in [6.07, 6.45) is 2.63. The molecule has 2 rings (SSSR count). The van der Waals surface area contributed by atoms with Gasteiger partial charge in [-0.15, -0.1) is 0 Å². The van der Waals surface area contributed by atoms with Crippen molar-refractivity contribution in [2.24, 2.45) is 12.8 Å². The first-order chi connectivity index (χ1) is 8.97. The highest BCUT2D eigenvalue weighted by atomic mass is 79.9. The lowest BCUT2D eigenvalue weighted by molar-refractivity contribution is 0.677. The molecule has 19 heavy (non-hydrogen) atoms. The molecule has 2 aromatic heterocycles. The van der Waals surface area contributed by atoms with Crippen LogP contribution in [-0.2, 0) is 13.5 Å². The van der Waals surface area contributed by atoms with E-state index < -0.39 is 0 Å². The molecule has 0 radical (unpaired) electrons. The molecule has 102 valence electrons. The Bertz CT molecular complexity index is 563. The summed E-state index contributed by atoms with van der Waals surface area (Å²) >= 11 is 5.02. The molecule has 1 atom stereocenters. The van der Waals surface area contributed by atoms with Gasteiger partial charge >= 0.3 is 0 Å². The fraction of sp³-hybridized carbons (Fsp3) is 0.385. The molecule has 0 bridgehead atoms. The van der Waals surface area contributed by atoms with Crippen LogP contribution >= 0.6 is 27.7 Å². The summed E-state index contributed by atoms with van der Waals surface area (Å²) in [7, 11) is 1.96. The number of nitrogens with zero attached hydrogens (tertiary/aromatic N) is 3. The maximum atomic E-state index is 5.92. The van der Waals surface area contributed by atoms with Gasteiger partial charge in [0.25, 0.3) is 0 Å². The monoisotopic (exact) mass is 340 g/mol. The summed E-state index contributed by atoms with van der Waals surface area (Å²) in [6.45, 7) is 4.04. The van der Waals surface area contributed by atoms with Gasteiger partial charge in [0.05, 0.1) is 5.69 Å². The Balaban J connectivity index is 2.31. The molecule has 0 aliphatic heterocycles. The van der Waals surface area contributed by atoms with Crippen molar-refractivity contribution in [2.75, 3.05) is 0 Å². The van der Waals surface area contributed by atoms with Gasteiger partial charge < -0.3 is 5.73 Å². The highest BCUT2D eigenvalue weighted by Crippen LogP contribution is 2.31. The van der Waals surface area contributed by atoms with Crippen molar-refractivity contribution in [1.29, 1.82) is 0 Å². The van der Waals surface area contributed by atoms with Gasteiger partial charge in [0.2, 0.25) is 0 Å². The quantitative estimate of drug-likeness (QED) is 0.929. The van der Waals surface area contributed by atoms with Gasteiger partial charge in [-0.05, 0) is 48.3 Å². The molecule has 0 aliphatic rings. The van der Waals surface area contributed by atoms with Crippen molar-refractivity contribution in [3.05, 3.63) is 34.1 Å². The Morgan fingerprint density at radius 3 is 2.79 bits per heavy atom. The van der Waals surface area contributed by atoms with E-state index in [1.165, 1.54) is 5.56 Å². The van der Waals surface area contributed by atoms with E-state index in [9.17, 15) is 0 Å². The van der Waals surface area contributed by atoms with Gasteiger partial charge in [-0.25, -0.2) is 4.98 Å². The van der Waals surface area contributed by atoms with Crippen LogP contribution in [0.1, 0.15) is 18.2 Å². The Kier molecular flexibility index (Phi) is 4.65. The van der Waals surface area contributed by atoms with E-state index in [1.54, 1.807) is 18.0 Å². The number of halogens is 1. The predicted octanol–water partition coefficient (Wildman–Crippen LogP) is 2.93. The Morgan fingerprint density at radius 1 is 1.47 bits per heavy atom. The fourth-order valence-corrected chi connectivity index (χ4v) is 3.09. The van der Waals surface area contributed by atoms with Crippen LogP contribution in [0.2, 0.25) is 0 Å². The SMILES string of the molecule is Cc1nn(C)c(Sc2ccc(Br)cn2)c1CC(C)N. The molecule has 0 saturated heterocycles. The molecular weight excluding hydrogens is 324 g/mol. The zero-order valence-corrected chi connectivity index (χ0v) is 13.6.